The third kappa shape index (κ3) is 3.91. The summed E-state index contributed by atoms with van der Waals surface area (Å²) in [5, 5.41) is 8.92. The lowest BCUT2D eigenvalue weighted by Gasteiger charge is -2.21. The number of rotatable bonds is 6. The van der Waals surface area contributed by atoms with Gasteiger partial charge in [0.2, 0.25) is 12.7 Å². The molecule has 0 fully saturated rings. The molecule has 0 spiro atoms. The Labute approximate surface area is 145 Å². The van der Waals surface area contributed by atoms with Gasteiger partial charge in [-0.3, -0.25) is 4.79 Å². The molecule has 2 aromatic rings. The maximum absolute atomic E-state index is 12.6. The molecular weight excluding hydrogens is 322 g/mol. The highest BCUT2D eigenvalue weighted by atomic mass is 16.7. The van der Waals surface area contributed by atoms with Gasteiger partial charge < -0.3 is 19.5 Å². The zero-order chi connectivity index (χ0) is 17.8. The van der Waals surface area contributed by atoms with Crippen molar-refractivity contribution in [1.29, 1.82) is 0 Å². The quantitative estimate of drug-likeness (QED) is 0.874. The topological polar surface area (TPSA) is 76.1 Å². The predicted molar refractivity (Wildman–Crippen MR) is 90.8 cm³/mol. The fraction of sp³-hybridized carbons (Fsp3) is 0.263. The number of likely N-dealkylation sites (N-methyl/N-ethyl adjacent to an activating group) is 1. The van der Waals surface area contributed by atoms with Crippen molar-refractivity contribution in [3.05, 3.63) is 59.2 Å². The number of carboxylic acid groups (broad SMARTS) is 1. The van der Waals surface area contributed by atoms with Crippen LogP contribution in [0.1, 0.15) is 28.4 Å². The summed E-state index contributed by atoms with van der Waals surface area (Å²) in [6.45, 7) is 3.22. The molecular formula is C19H19NO5. The summed E-state index contributed by atoms with van der Waals surface area (Å²) in [6.07, 6.45) is 0.234. The molecule has 1 heterocycles. The van der Waals surface area contributed by atoms with E-state index in [-0.39, 0.29) is 24.7 Å². The summed E-state index contributed by atoms with van der Waals surface area (Å²) in [4.78, 5) is 25.2. The zero-order valence-electron chi connectivity index (χ0n) is 13.9. The number of hydrogen-bond acceptors (Lipinski definition) is 4. The van der Waals surface area contributed by atoms with Crippen LogP contribution in [0.25, 0.3) is 0 Å². The third-order valence-electron chi connectivity index (χ3n) is 4.10. The SMILES string of the molecule is CCN(Cc1ccc2c(c1)OCO2)C(=O)Cc1ccc(C(=O)O)cc1. The molecule has 6 heteroatoms. The minimum Gasteiger partial charge on any atom is -0.478 e. The lowest BCUT2D eigenvalue weighted by Crippen LogP contribution is -2.31. The number of aromatic carboxylic acids is 1. The van der Waals surface area contributed by atoms with E-state index >= 15 is 0 Å². The number of hydrogen-bond donors (Lipinski definition) is 1. The molecule has 0 aliphatic carbocycles. The van der Waals surface area contributed by atoms with E-state index in [9.17, 15) is 9.59 Å². The first kappa shape index (κ1) is 16.8. The molecule has 3 rings (SSSR count). The van der Waals surface area contributed by atoms with E-state index in [0.717, 1.165) is 16.9 Å². The summed E-state index contributed by atoms with van der Waals surface area (Å²) >= 11 is 0. The second kappa shape index (κ2) is 7.25. The van der Waals surface area contributed by atoms with Crippen molar-refractivity contribution >= 4 is 11.9 Å². The van der Waals surface area contributed by atoms with Gasteiger partial charge in [-0.05, 0) is 42.3 Å². The maximum Gasteiger partial charge on any atom is 0.335 e. The Morgan fingerprint density at radius 2 is 1.72 bits per heavy atom. The predicted octanol–water partition coefficient (Wildman–Crippen LogP) is 2.70. The summed E-state index contributed by atoms with van der Waals surface area (Å²) in [5.41, 5.74) is 1.98. The van der Waals surface area contributed by atoms with Crippen molar-refractivity contribution in [2.45, 2.75) is 19.9 Å². The number of ether oxygens (including phenoxy) is 2. The van der Waals surface area contributed by atoms with Crippen molar-refractivity contribution in [2.24, 2.45) is 0 Å². The Kier molecular flexibility index (Phi) is 4.88. The van der Waals surface area contributed by atoms with Crippen LogP contribution < -0.4 is 9.47 Å². The van der Waals surface area contributed by atoms with Gasteiger partial charge in [0.05, 0.1) is 12.0 Å². The van der Waals surface area contributed by atoms with Gasteiger partial charge in [0.25, 0.3) is 0 Å². The molecule has 6 nitrogen and oxygen atoms in total. The van der Waals surface area contributed by atoms with Crippen LogP contribution in [0.5, 0.6) is 11.5 Å². The lowest BCUT2D eigenvalue weighted by atomic mass is 10.1. The Balaban J connectivity index is 1.65. The zero-order valence-corrected chi connectivity index (χ0v) is 13.9. The van der Waals surface area contributed by atoms with Crippen LogP contribution in [-0.4, -0.2) is 35.2 Å². The molecule has 2 aromatic carbocycles. The minimum absolute atomic E-state index is 0.0109. The Morgan fingerprint density at radius 1 is 1.04 bits per heavy atom. The van der Waals surface area contributed by atoms with Crippen molar-refractivity contribution < 1.29 is 24.2 Å². The Bertz CT molecular complexity index is 785. The molecule has 25 heavy (non-hydrogen) atoms. The molecule has 1 amide bonds. The number of fused-ring (bicyclic) bond motifs is 1. The van der Waals surface area contributed by atoms with Crippen LogP contribution in [0.4, 0.5) is 0 Å². The first-order valence-electron chi connectivity index (χ1n) is 8.05. The molecule has 0 atom stereocenters. The minimum atomic E-state index is -0.976. The van der Waals surface area contributed by atoms with E-state index in [1.165, 1.54) is 12.1 Å². The monoisotopic (exact) mass is 341 g/mol. The first-order chi connectivity index (χ1) is 12.1. The molecule has 0 bridgehead atoms. The fourth-order valence-corrected chi connectivity index (χ4v) is 2.69. The van der Waals surface area contributed by atoms with Gasteiger partial charge >= 0.3 is 5.97 Å². The number of carboxylic acids is 1. The smallest absolute Gasteiger partial charge is 0.335 e. The summed E-state index contributed by atoms with van der Waals surface area (Å²) in [6, 6.07) is 12.0. The van der Waals surface area contributed by atoms with Crippen LogP contribution in [0.15, 0.2) is 42.5 Å². The largest absolute Gasteiger partial charge is 0.478 e. The second-order valence-corrected chi connectivity index (χ2v) is 5.77. The Hall–Kier alpha value is -3.02. The number of carbonyl (C=O) groups excluding carboxylic acids is 1. The van der Waals surface area contributed by atoms with Gasteiger partial charge in [0.1, 0.15) is 0 Å². The number of nitrogens with zero attached hydrogens (tertiary/aromatic N) is 1. The van der Waals surface area contributed by atoms with Gasteiger partial charge in [-0.1, -0.05) is 18.2 Å². The van der Waals surface area contributed by atoms with E-state index in [1.807, 2.05) is 25.1 Å². The van der Waals surface area contributed by atoms with Gasteiger partial charge in [0, 0.05) is 13.1 Å². The fourth-order valence-electron chi connectivity index (χ4n) is 2.69. The van der Waals surface area contributed by atoms with Crippen LogP contribution in [0.2, 0.25) is 0 Å². The highest BCUT2D eigenvalue weighted by Crippen LogP contribution is 2.32. The first-order valence-corrected chi connectivity index (χ1v) is 8.05. The highest BCUT2D eigenvalue weighted by Gasteiger charge is 2.17. The van der Waals surface area contributed by atoms with E-state index < -0.39 is 5.97 Å². The van der Waals surface area contributed by atoms with E-state index in [2.05, 4.69) is 0 Å². The van der Waals surface area contributed by atoms with Crippen LogP contribution in [0.3, 0.4) is 0 Å². The summed E-state index contributed by atoms with van der Waals surface area (Å²) in [7, 11) is 0. The second-order valence-electron chi connectivity index (χ2n) is 5.77. The molecule has 1 aliphatic heterocycles. The molecule has 1 N–H and O–H groups in total. The number of amides is 1. The normalized spacial score (nSPS) is 12.0. The van der Waals surface area contributed by atoms with Crippen LogP contribution in [-0.2, 0) is 17.8 Å². The van der Waals surface area contributed by atoms with Gasteiger partial charge in [-0.15, -0.1) is 0 Å². The standard InChI is InChI=1S/C19H19NO5/c1-2-20(11-14-5-8-16-17(9-14)25-12-24-16)18(21)10-13-3-6-15(7-4-13)19(22)23/h3-9H,2,10-12H2,1H3,(H,22,23). The van der Waals surface area contributed by atoms with E-state index in [0.29, 0.717) is 18.8 Å². The van der Waals surface area contributed by atoms with Crippen LogP contribution in [0, 0.1) is 0 Å². The molecule has 0 saturated carbocycles. The average Bonchev–Trinajstić information content (AvgIpc) is 3.07. The molecule has 0 unspecified atom stereocenters. The van der Waals surface area contributed by atoms with Gasteiger partial charge in [-0.25, -0.2) is 4.79 Å². The van der Waals surface area contributed by atoms with E-state index in [1.54, 1.807) is 17.0 Å². The summed E-state index contributed by atoms with van der Waals surface area (Å²) in [5.74, 6) is 0.431. The molecule has 0 saturated heterocycles. The highest BCUT2D eigenvalue weighted by molar-refractivity contribution is 5.87. The van der Waals surface area contributed by atoms with Crippen molar-refractivity contribution in [3.8, 4) is 11.5 Å². The van der Waals surface area contributed by atoms with Gasteiger partial charge in [0.15, 0.2) is 11.5 Å². The molecule has 0 radical (unpaired) electrons. The summed E-state index contributed by atoms with van der Waals surface area (Å²) < 4.78 is 10.7. The Morgan fingerprint density at radius 3 is 2.40 bits per heavy atom. The van der Waals surface area contributed by atoms with Gasteiger partial charge in [-0.2, -0.15) is 0 Å². The van der Waals surface area contributed by atoms with Crippen molar-refractivity contribution in [1.82, 2.24) is 4.90 Å². The van der Waals surface area contributed by atoms with Crippen molar-refractivity contribution in [2.75, 3.05) is 13.3 Å². The molecule has 130 valence electrons. The third-order valence-corrected chi connectivity index (χ3v) is 4.10. The number of carbonyl (C=O) groups is 2. The number of benzene rings is 2. The van der Waals surface area contributed by atoms with Crippen molar-refractivity contribution in [3.63, 3.8) is 0 Å². The maximum atomic E-state index is 12.6. The molecule has 1 aliphatic rings. The van der Waals surface area contributed by atoms with Crippen LogP contribution >= 0.6 is 0 Å². The molecule has 0 aromatic heterocycles. The van der Waals surface area contributed by atoms with E-state index in [4.69, 9.17) is 14.6 Å². The average molecular weight is 341 g/mol. The lowest BCUT2D eigenvalue weighted by molar-refractivity contribution is -0.130.